The van der Waals surface area contributed by atoms with Crippen LogP contribution >= 0.6 is 11.6 Å². The smallest absolute Gasteiger partial charge is 0.421 e. The number of rotatable bonds is 8. The van der Waals surface area contributed by atoms with Crippen LogP contribution in [0.1, 0.15) is 23.2 Å². The Balaban J connectivity index is 1.40. The number of aliphatic imine (C=N–C) groups is 1. The van der Waals surface area contributed by atoms with E-state index in [1.165, 1.54) is 6.07 Å². The van der Waals surface area contributed by atoms with Gasteiger partial charge in [0.15, 0.2) is 5.75 Å². The Labute approximate surface area is 210 Å². The maximum Gasteiger partial charge on any atom is 0.421 e. The van der Waals surface area contributed by atoms with E-state index >= 15 is 0 Å². The molecule has 36 heavy (non-hydrogen) atoms. The molecule has 0 bridgehead atoms. The lowest BCUT2D eigenvalue weighted by Crippen LogP contribution is -2.20. The summed E-state index contributed by atoms with van der Waals surface area (Å²) in [5.74, 6) is 0.870. The summed E-state index contributed by atoms with van der Waals surface area (Å²) >= 11 is 5.72. The SMILES string of the molecule is COc1c(NC(=O)CCc2cccc(Oc3ccnc(C4=NCCN4)c3)c2)ccc(Cl)c1C(F)(F)F. The van der Waals surface area contributed by atoms with E-state index in [-0.39, 0.29) is 12.1 Å². The highest BCUT2D eigenvalue weighted by molar-refractivity contribution is 6.31. The molecule has 0 atom stereocenters. The van der Waals surface area contributed by atoms with E-state index < -0.39 is 28.4 Å². The third-order valence-electron chi connectivity index (χ3n) is 5.29. The minimum atomic E-state index is -4.74. The van der Waals surface area contributed by atoms with Gasteiger partial charge in [-0.1, -0.05) is 23.7 Å². The van der Waals surface area contributed by atoms with Crippen LogP contribution in [0.2, 0.25) is 5.02 Å². The summed E-state index contributed by atoms with van der Waals surface area (Å²) in [6.45, 7) is 1.47. The number of nitrogens with one attached hydrogen (secondary N) is 2. The fraction of sp³-hybridized carbons (Fsp3) is 0.240. The van der Waals surface area contributed by atoms with Crippen molar-refractivity contribution in [2.24, 2.45) is 4.99 Å². The standard InChI is InChI=1S/C25H22ClF3N4O3/c1-35-23-19(7-6-18(26)22(23)25(27,28)29)33-21(34)8-5-15-3-2-4-16(13-15)36-17-9-10-30-20(14-17)24-31-11-12-32-24/h2-4,6-7,9-10,13-14H,5,8,11-12H2,1H3,(H,31,32)(H,33,34). The highest BCUT2D eigenvalue weighted by Crippen LogP contribution is 2.44. The predicted octanol–water partition coefficient (Wildman–Crippen LogP) is 5.48. The Hall–Kier alpha value is -3.79. The van der Waals surface area contributed by atoms with Gasteiger partial charge in [-0.25, -0.2) is 0 Å². The molecule has 1 aliphatic heterocycles. The minimum Gasteiger partial charge on any atom is -0.494 e. The van der Waals surface area contributed by atoms with Crippen molar-refractivity contribution in [3.05, 3.63) is 76.6 Å². The van der Waals surface area contributed by atoms with E-state index in [1.807, 2.05) is 6.07 Å². The molecule has 0 radical (unpaired) electrons. The number of anilines is 1. The molecule has 4 rings (SSSR count). The van der Waals surface area contributed by atoms with Crippen molar-refractivity contribution in [2.75, 3.05) is 25.5 Å². The van der Waals surface area contributed by atoms with Crippen molar-refractivity contribution in [3.63, 3.8) is 0 Å². The largest absolute Gasteiger partial charge is 0.494 e. The molecule has 11 heteroatoms. The van der Waals surface area contributed by atoms with Crippen molar-refractivity contribution in [1.29, 1.82) is 0 Å². The lowest BCUT2D eigenvalue weighted by atomic mass is 10.1. The Bertz CT molecular complexity index is 1300. The zero-order valence-corrected chi connectivity index (χ0v) is 19.9. The maximum atomic E-state index is 13.4. The summed E-state index contributed by atoms with van der Waals surface area (Å²) in [4.78, 5) is 21.2. The molecule has 0 fully saturated rings. The van der Waals surface area contributed by atoms with Crippen molar-refractivity contribution in [3.8, 4) is 17.2 Å². The topological polar surface area (TPSA) is 84.8 Å². The summed E-state index contributed by atoms with van der Waals surface area (Å²) in [5.41, 5.74) is 0.262. The molecule has 0 spiro atoms. The Morgan fingerprint density at radius 3 is 2.69 bits per heavy atom. The Morgan fingerprint density at radius 1 is 1.17 bits per heavy atom. The second kappa shape index (κ2) is 10.9. The lowest BCUT2D eigenvalue weighted by molar-refractivity contribution is -0.138. The number of hydrogen-bond donors (Lipinski definition) is 2. The van der Waals surface area contributed by atoms with Crippen LogP contribution in [-0.2, 0) is 17.4 Å². The second-order valence-corrected chi connectivity index (χ2v) is 8.24. The van der Waals surface area contributed by atoms with Gasteiger partial charge in [-0.3, -0.25) is 14.8 Å². The molecule has 1 aliphatic rings. The molecule has 0 saturated carbocycles. The van der Waals surface area contributed by atoms with Crippen LogP contribution in [0.4, 0.5) is 18.9 Å². The molecule has 188 valence electrons. The number of amides is 1. The minimum absolute atomic E-state index is 0.0292. The molecule has 7 nitrogen and oxygen atoms in total. The number of pyridine rings is 1. The van der Waals surface area contributed by atoms with Crippen LogP contribution in [0.25, 0.3) is 0 Å². The van der Waals surface area contributed by atoms with E-state index in [0.717, 1.165) is 31.1 Å². The molecule has 1 amide bonds. The van der Waals surface area contributed by atoms with E-state index in [2.05, 4.69) is 20.6 Å². The van der Waals surface area contributed by atoms with Gasteiger partial charge in [0.05, 0.1) is 24.4 Å². The number of aromatic nitrogens is 1. The van der Waals surface area contributed by atoms with E-state index in [1.54, 1.807) is 36.5 Å². The van der Waals surface area contributed by atoms with Crippen molar-refractivity contribution in [2.45, 2.75) is 19.0 Å². The number of halogens is 4. The normalized spacial score (nSPS) is 13.1. The van der Waals surface area contributed by atoms with Crippen LogP contribution in [-0.4, -0.2) is 36.9 Å². The van der Waals surface area contributed by atoms with Crippen LogP contribution in [0.3, 0.4) is 0 Å². The summed E-state index contributed by atoms with van der Waals surface area (Å²) in [5, 5.41) is 5.13. The van der Waals surface area contributed by atoms with Gasteiger partial charge in [0.1, 0.15) is 28.6 Å². The number of carbonyl (C=O) groups excluding carboxylic acids is 1. The summed E-state index contributed by atoms with van der Waals surface area (Å²) < 4.78 is 51.0. The van der Waals surface area contributed by atoms with Gasteiger partial charge in [0.25, 0.3) is 0 Å². The van der Waals surface area contributed by atoms with E-state index in [4.69, 9.17) is 21.1 Å². The first-order valence-corrected chi connectivity index (χ1v) is 11.4. The van der Waals surface area contributed by atoms with Gasteiger partial charge < -0.3 is 20.1 Å². The zero-order valence-electron chi connectivity index (χ0n) is 19.2. The number of nitrogens with zero attached hydrogens (tertiary/aromatic N) is 2. The van der Waals surface area contributed by atoms with Crippen LogP contribution in [0, 0.1) is 0 Å². The predicted molar refractivity (Wildman–Crippen MR) is 130 cm³/mol. The van der Waals surface area contributed by atoms with Gasteiger partial charge in [0.2, 0.25) is 5.91 Å². The fourth-order valence-electron chi connectivity index (χ4n) is 3.68. The summed E-state index contributed by atoms with van der Waals surface area (Å²) in [7, 11) is 1.09. The van der Waals surface area contributed by atoms with Gasteiger partial charge in [0, 0.05) is 25.2 Å². The molecular formula is C25H22ClF3N4O3. The second-order valence-electron chi connectivity index (χ2n) is 7.83. The number of methoxy groups -OCH3 is 1. The third-order valence-corrected chi connectivity index (χ3v) is 5.61. The van der Waals surface area contributed by atoms with Crippen LogP contribution < -0.4 is 20.1 Å². The number of benzene rings is 2. The third kappa shape index (κ3) is 6.06. The number of amidine groups is 1. The van der Waals surface area contributed by atoms with E-state index in [0.29, 0.717) is 30.2 Å². The average molecular weight is 519 g/mol. The molecular weight excluding hydrogens is 497 g/mol. The number of ether oxygens (including phenoxy) is 2. The number of carbonyl (C=O) groups is 1. The van der Waals surface area contributed by atoms with Crippen LogP contribution in [0.5, 0.6) is 17.2 Å². The van der Waals surface area contributed by atoms with Crippen molar-refractivity contribution < 1.29 is 27.4 Å². The lowest BCUT2D eigenvalue weighted by Gasteiger charge is -2.17. The zero-order chi connectivity index (χ0) is 25.7. The molecule has 3 aromatic rings. The first-order chi connectivity index (χ1) is 17.2. The molecule has 2 N–H and O–H groups in total. The maximum absolute atomic E-state index is 13.4. The Kier molecular flexibility index (Phi) is 7.64. The van der Waals surface area contributed by atoms with E-state index in [9.17, 15) is 18.0 Å². The Morgan fingerprint density at radius 2 is 1.97 bits per heavy atom. The molecule has 0 unspecified atom stereocenters. The fourth-order valence-corrected chi connectivity index (χ4v) is 3.93. The molecule has 2 aromatic carbocycles. The first-order valence-electron chi connectivity index (χ1n) is 11.0. The molecule has 1 aromatic heterocycles. The van der Waals surface area contributed by atoms with Gasteiger partial charge >= 0.3 is 6.18 Å². The number of alkyl halides is 3. The van der Waals surface area contributed by atoms with Gasteiger partial charge in [-0.2, -0.15) is 13.2 Å². The van der Waals surface area contributed by atoms with Gasteiger partial charge in [-0.05, 0) is 42.3 Å². The highest BCUT2D eigenvalue weighted by atomic mass is 35.5. The average Bonchev–Trinajstić information content (AvgIpc) is 3.38. The van der Waals surface area contributed by atoms with Gasteiger partial charge in [-0.15, -0.1) is 0 Å². The quantitative estimate of drug-likeness (QED) is 0.413. The molecule has 0 saturated heterocycles. The molecule has 2 heterocycles. The van der Waals surface area contributed by atoms with Crippen molar-refractivity contribution >= 4 is 29.0 Å². The summed E-state index contributed by atoms with van der Waals surface area (Å²) in [6, 6.07) is 13.1. The van der Waals surface area contributed by atoms with Crippen LogP contribution in [0.15, 0.2) is 59.7 Å². The highest BCUT2D eigenvalue weighted by Gasteiger charge is 2.38. The first kappa shape index (κ1) is 25.3. The monoisotopic (exact) mass is 518 g/mol. The van der Waals surface area contributed by atoms with Crippen molar-refractivity contribution in [1.82, 2.24) is 10.3 Å². The molecule has 0 aliphatic carbocycles. The summed E-state index contributed by atoms with van der Waals surface area (Å²) in [6.07, 6.45) is -2.73. The number of hydrogen-bond acceptors (Lipinski definition) is 6. The number of aryl methyl sites for hydroxylation is 1.